The molecule has 0 N–H and O–H groups in total. The van der Waals surface area contributed by atoms with E-state index in [0.29, 0.717) is 18.6 Å². The second-order valence-electron chi connectivity index (χ2n) is 6.56. The molecule has 1 aromatic rings. The lowest BCUT2D eigenvalue weighted by Crippen LogP contribution is -2.32. The predicted molar refractivity (Wildman–Crippen MR) is 85.0 cm³/mol. The summed E-state index contributed by atoms with van der Waals surface area (Å²) in [6, 6.07) is 4.44. The summed E-state index contributed by atoms with van der Waals surface area (Å²) in [6.07, 6.45) is 0.958. The number of hydrogen-bond acceptors (Lipinski definition) is 5. The molecule has 2 saturated heterocycles. The van der Waals surface area contributed by atoms with Crippen molar-refractivity contribution >= 4 is 5.91 Å². The Balaban J connectivity index is 1.60. The molecule has 0 saturated carbocycles. The third-order valence-corrected chi connectivity index (χ3v) is 4.80. The van der Waals surface area contributed by atoms with Gasteiger partial charge in [-0.15, -0.1) is 0 Å². The Bertz CT molecular complexity index is 542. The van der Waals surface area contributed by atoms with Crippen molar-refractivity contribution in [1.82, 2.24) is 9.80 Å². The van der Waals surface area contributed by atoms with Crippen molar-refractivity contribution < 1.29 is 18.7 Å². The zero-order chi connectivity index (χ0) is 16.4. The van der Waals surface area contributed by atoms with Crippen LogP contribution in [0.25, 0.3) is 0 Å². The molecule has 6 heteroatoms. The Hall–Kier alpha value is -1.37. The summed E-state index contributed by atoms with van der Waals surface area (Å²) in [5.74, 6) is 2.34. The number of likely N-dealkylation sites (tertiary alicyclic amines) is 1. The van der Waals surface area contributed by atoms with Gasteiger partial charge in [0.1, 0.15) is 18.1 Å². The van der Waals surface area contributed by atoms with Crippen LogP contribution in [-0.4, -0.2) is 68.3 Å². The van der Waals surface area contributed by atoms with Gasteiger partial charge in [0.25, 0.3) is 0 Å². The summed E-state index contributed by atoms with van der Waals surface area (Å²) in [5, 5.41) is 0. The average molecular weight is 322 g/mol. The Morgan fingerprint density at radius 3 is 2.83 bits per heavy atom. The number of hydrogen-bond donors (Lipinski definition) is 0. The third kappa shape index (κ3) is 3.59. The predicted octanol–water partition coefficient (Wildman–Crippen LogP) is 1.15. The maximum absolute atomic E-state index is 11.7. The van der Waals surface area contributed by atoms with Crippen LogP contribution in [0.3, 0.4) is 0 Å². The Morgan fingerprint density at radius 2 is 2.13 bits per heavy atom. The van der Waals surface area contributed by atoms with Crippen molar-refractivity contribution in [3.8, 4) is 0 Å². The van der Waals surface area contributed by atoms with E-state index in [1.807, 2.05) is 12.1 Å². The number of aryl methyl sites for hydroxylation is 1. The summed E-state index contributed by atoms with van der Waals surface area (Å²) in [7, 11) is 3.49. The van der Waals surface area contributed by atoms with Crippen LogP contribution < -0.4 is 0 Å². The van der Waals surface area contributed by atoms with Crippen LogP contribution in [-0.2, 0) is 27.2 Å². The second kappa shape index (κ2) is 7.03. The molecule has 6 nitrogen and oxygen atoms in total. The Morgan fingerprint density at radius 1 is 1.35 bits per heavy atom. The minimum Gasteiger partial charge on any atom is -0.465 e. The monoisotopic (exact) mass is 322 g/mol. The molecule has 0 radical (unpaired) electrons. The fourth-order valence-corrected chi connectivity index (χ4v) is 3.36. The van der Waals surface area contributed by atoms with Crippen LogP contribution in [0.4, 0.5) is 0 Å². The molecule has 3 heterocycles. The molecule has 2 aliphatic heterocycles. The summed E-state index contributed by atoms with van der Waals surface area (Å²) in [5.41, 5.74) is 0. The van der Waals surface area contributed by atoms with Crippen LogP contribution in [0.2, 0.25) is 0 Å². The lowest BCUT2D eigenvalue weighted by molar-refractivity contribution is -0.136. The van der Waals surface area contributed by atoms with Gasteiger partial charge in [-0.05, 0) is 12.1 Å². The summed E-state index contributed by atoms with van der Waals surface area (Å²) in [6.45, 7) is 5.25. The molecular weight excluding hydrogens is 296 g/mol. The molecule has 0 bridgehead atoms. The van der Waals surface area contributed by atoms with E-state index >= 15 is 0 Å². The van der Waals surface area contributed by atoms with Gasteiger partial charge in [0.15, 0.2) is 0 Å². The molecule has 3 atom stereocenters. The molecule has 0 unspecified atom stereocenters. The number of furan rings is 1. The largest absolute Gasteiger partial charge is 0.465 e. The molecule has 128 valence electrons. The van der Waals surface area contributed by atoms with Crippen LogP contribution in [0.5, 0.6) is 0 Å². The molecule has 1 amide bonds. The van der Waals surface area contributed by atoms with E-state index in [1.165, 1.54) is 0 Å². The summed E-state index contributed by atoms with van der Waals surface area (Å²) in [4.78, 5) is 15.7. The summed E-state index contributed by atoms with van der Waals surface area (Å²) < 4.78 is 17.4. The number of rotatable bonds is 6. The van der Waals surface area contributed by atoms with Crippen molar-refractivity contribution in [1.29, 1.82) is 0 Å². The third-order valence-electron chi connectivity index (χ3n) is 4.80. The molecular formula is C17H26N2O4. The highest BCUT2D eigenvalue weighted by molar-refractivity contribution is 5.76. The number of likely N-dealkylation sites (N-methyl/N-ethyl adjacent to an activating group) is 1. The minimum atomic E-state index is -0.00228. The summed E-state index contributed by atoms with van der Waals surface area (Å²) >= 11 is 0. The van der Waals surface area contributed by atoms with Gasteiger partial charge in [-0.2, -0.15) is 0 Å². The zero-order valence-corrected chi connectivity index (χ0v) is 14.2. The van der Waals surface area contributed by atoms with E-state index in [1.54, 1.807) is 19.0 Å². The molecule has 0 spiro atoms. The van der Waals surface area contributed by atoms with Crippen molar-refractivity contribution in [3.63, 3.8) is 0 Å². The number of carbonyl (C=O) groups is 1. The SMILES string of the molecule is CCc1ccc(CN2C[C@H](OCC(=O)N(C)C)[C@H]3COC[C@H]32)o1. The fraction of sp³-hybridized carbons (Fsp3) is 0.706. The van der Waals surface area contributed by atoms with E-state index in [2.05, 4.69) is 11.8 Å². The smallest absolute Gasteiger partial charge is 0.248 e. The molecule has 2 fully saturated rings. The van der Waals surface area contributed by atoms with Crippen LogP contribution >= 0.6 is 0 Å². The topological polar surface area (TPSA) is 55.2 Å². The van der Waals surface area contributed by atoms with E-state index in [-0.39, 0.29) is 18.6 Å². The zero-order valence-electron chi connectivity index (χ0n) is 14.2. The first-order chi connectivity index (χ1) is 11.1. The van der Waals surface area contributed by atoms with Gasteiger partial charge in [-0.25, -0.2) is 0 Å². The van der Waals surface area contributed by atoms with E-state index in [0.717, 1.165) is 37.6 Å². The highest BCUT2D eigenvalue weighted by Crippen LogP contribution is 2.33. The van der Waals surface area contributed by atoms with Gasteiger partial charge in [0, 0.05) is 39.0 Å². The number of nitrogens with zero attached hydrogens (tertiary/aromatic N) is 2. The number of fused-ring (bicyclic) bond motifs is 1. The first-order valence-electron chi connectivity index (χ1n) is 8.29. The number of ether oxygens (including phenoxy) is 2. The molecule has 23 heavy (non-hydrogen) atoms. The lowest BCUT2D eigenvalue weighted by Gasteiger charge is -2.20. The number of amides is 1. The van der Waals surface area contributed by atoms with Gasteiger partial charge in [-0.3, -0.25) is 9.69 Å². The molecule has 0 aromatic carbocycles. The van der Waals surface area contributed by atoms with E-state index in [9.17, 15) is 4.79 Å². The first-order valence-corrected chi connectivity index (χ1v) is 8.29. The first kappa shape index (κ1) is 16.5. The van der Waals surface area contributed by atoms with Crippen molar-refractivity contribution in [2.45, 2.75) is 32.0 Å². The van der Waals surface area contributed by atoms with Gasteiger partial charge >= 0.3 is 0 Å². The van der Waals surface area contributed by atoms with Gasteiger partial charge in [0.2, 0.25) is 5.91 Å². The molecule has 2 aliphatic rings. The Labute approximate surface area is 137 Å². The van der Waals surface area contributed by atoms with Crippen LogP contribution in [0.1, 0.15) is 18.4 Å². The van der Waals surface area contributed by atoms with Crippen molar-refractivity contribution in [2.24, 2.45) is 5.92 Å². The van der Waals surface area contributed by atoms with Crippen molar-refractivity contribution in [3.05, 3.63) is 23.7 Å². The maximum atomic E-state index is 11.7. The highest BCUT2D eigenvalue weighted by atomic mass is 16.5. The standard InChI is InChI=1S/C17H26N2O4/c1-4-12-5-6-13(23-12)7-19-8-16(14-9-21-10-15(14)19)22-11-17(20)18(2)3/h5-6,14-16H,4,7-11H2,1-3H3/t14-,15+,16-/m0/s1. The molecule has 1 aromatic heterocycles. The van der Waals surface area contributed by atoms with Gasteiger partial charge < -0.3 is 18.8 Å². The quantitative estimate of drug-likeness (QED) is 0.786. The fourth-order valence-electron chi connectivity index (χ4n) is 3.36. The van der Waals surface area contributed by atoms with Crippen LogP contribution in [0, 0.1) is 5.92 Å². The normalized spacial score (nSPS) is 27.3. The minimum absolute atomic E-state index is 0.00228. The molecule has 0 aliphatic carbocycles. The maximum Gasteiger partial charge on any atom is 0.248 e. The Kier molecular flexibility index (Phi) is 5.04. The van der Waals surface area contributed by atoms with Crippen LogP contribution in [0.15, 0.2) is 16.5 Å². The lowest BCUT2D eigenvalue weighted by atomic mass is 10.0. The second-order valence-corrected chi connectivity index (χ2v) is 6.56. The number of carbonyl (C=O) groups excluding carboxylic acids is 1. The highest BCUT2D eigenvalue weighted by Gasteiger charge is 2.46. The van der Waals surface area contributed by atoms with E-state index < -0.39 is 0 Å². The average Bonchev–Trinajstić information content (AvgIpc) is 3.23. The van der Waals surface area contributed by atoms with E-state index in [4.69, 9.17) is 13.9 Å². The van der Waals surface area contributed by atoms with Crippen molar-refractivity contribution in [2.75, 3.05) is 40.5 Å². The molecule has 3 rings (SSSR count). The van der Waals surface area contributed by atoms with Gasteiger partial charge in [0.05, 0.1) is 25.9 Å². The van der Waals surface area contributed by atoms with Gasteiger partial charge in [-0.1, -0.05) is 6.92 Å².